The number of aromatic nitrogens is 2. The summed E-state index contributed by atoms with van der Waals surface area (Å²) in [6.45, 7) is -0.0699. The van der Waals surface area contributed by atoms with Crippen LogP contribution in [-0.2, 0) is 4.79 Å². The van der Waals surface area contributed by atoms with Crippen LogP contribution in [0.1, 0.15) is 0 Å². The molecular formula is C19H15N3O2S. The smallest absolute Gasteiger partial charge is 0.263 e. The van der Waals surface area contributed by atoms with Crippen LogP contribution in [0.3, 0.4) is 0 Å². The molecule has 6 heteroatoms. The van der Waals surface area contributed by atoms with Crippen LogP contribution in [0, 0.1) is 0 Å². The summed E-state index contributed by atoms with van der Waals surface area (Å²) in [5.41, 5.74) is 0.876. The van der Waals surface area contributed by atoms with Gasteiger partial charge in [-0.15, -0.1) is 11.3 Å². The molecule has 5 nitrogen and oxygen atoms in total. The Hall–Kier alpha value is -3.12. The lowest BCUT2D eigenvalue weighted by Crippen LogP contribution is -2.20. The highest BCUT2D eigenvalue weighted by Gasteiger charge is 2.09. The molecule has 0 aliphatic carbocycles. The van der Waals surface area contributed by atoms with Crippen molar-refractivity contribution in [1.29, 1.82) is 0 Å². The van der Waals surface area contributed by atoms with Gasteiger partial charge in [-0.2, -0.15) is 5.10 Å². The zero-order chi connectivity index (χ0) is 17.1. The number of anilines is 1. The van der Waals surface area contributed by atoms with Crippen molar-refractivity contribution in [2.45, 2.75) is 0 Å². The largest absolute Gasteiger partial charge is 0.484 e. The van der Waals surface area contributed by atoms with Gasteiger partial charge in [0, 0.05) is 6.07 Å². The number of hydrogen-bond donors (Lipinski definition) is 2. The van der Waals surface area contributed by atoms with Crippen LogP contribution in [0.25, 0.3) is 21.3 Å². The van der Waals surface area contributed by atoms with E-state index in [9.17, 15) is 4.79 Å². The van der Waals surface area contributed by atoms with Crippen molar-refractivity contribution in [2.24, 2.45) is 0 Å². The maximum atomic E-state index is 12.1. The van der Waals surface area contributed by atoms with Crippen molar-refractivity contribution >= 4 is 33.8 Å². The van der Waals surface area contributed by atoms with Crippen LogP contribution in [0.5, 0.6) is 5.75 Å². The lowest BCUT2D eigenvalue weighted by molar-refractivity contribution is -0.118. The lowest BCUT2D eigenvalue weighted by atomic mass is 10.1. The summed E-state index contributed by atoms with van der Waals surface area (Å²) >= 11 is 1.61. The first-order chi connectivity index (χ1) is 12.3. The number of fused-ring (bicyclic) bond motifs is 1. The van der Waals surface area contributed by atoms with Gasteiger partial charge in [0.2, 0.25) is 0 Å². The molecule has 0 spiro atoms. The van der Waals surface area contributed by atoms with E-state index in [-0.39, 0.29) is 12.5 Å². The van der Waals surface area contributed by atoms with E-state index in [0.717, 1.165) is 21.3 Å². The van der Waals surface area contributed by atoms with Gasteiger partial charge in [0.25, 0.3) is 5.91 Å². The Kier molecular flexibility index (Phi) is 4.18. The Labute approximate surface area is 148 Å². The van der Waals surface area contributed by atoms with E-state index in [1.807, 2.05) is 60.0 Å². The summed E-state index contributed by atoms with van der Waals surface area (Å²) in [6, 6.07) is 19.5. The molecule has 0 saturated heterocycles. The van der Waals surface area contributed by atoms with Gasteiger partial charge in [-0.3, -0.25) is 9.89 Å². The van der Waals surface area contributed by atoms with Crippen molar-refractivity contribution in [1.82, 2.24) is 10.2 Å². The van der Waals surface area contributed by atoms with Gasteiger partial charge in [0.1, 0.15) is 5.75 Å². The van der Waals surface area contributed by atoms with Crippen LogP contribution in [0.2, 0.25) is 0 Å². The number of H-pyrrole nitrogens is 1. The fourth-order valence-electron chi connectivity index (χ4n) is 2.53. The monoisotopic (exact) mass is 349 g/mol. The van der Waals surface area contributed by atoms with Gasteiger partial charge in [0.15, 0.2) is 12.4 Å². The second kappa shape index (κ2) is 6.78. The van der Waals surface area contributed by atoms with Crippen LogP contribution in [0.4, 0.5) is 5.82 Å². The van der Waals surface area contributed by atoms with E-state index < -0.39 is 0 Å². The third-order valence-electron chi connectivity index (χ3n) is 3.72. The van der Waals surface area contributed by atoms with Gasteiger partial charge in [0.05, 0.1) is 10.6 Å². The summed E-state index contributed by atoms with van der Waals surface area (Å²) in [7, 11) is 0. The molecule has 0 fully saturated rings. The number of nitrogens with zero attached hydrogens (tertiary/aromatic N) is 1. The maximum absolute atomic E-state index is 12.1. The van der Waals surface area contributed by atoms with E-state index >= 15 is 0 Å². The Morgan fingerprint density at radius 3 is 2.80 bits per heavy atom. The number of amides is 1. The van der Waals surface area contributed by atoms with E-state index in [2.05, 4.69) is 15.5 Å². The lowest BCUT2D eigenvalue weighted by Gasteiger charge is -2.07. The Morgan fingerprint density at radius 2 is 1.96 bits per heavy atom. The molecule has 25 heavy (non-hydrogen) atoms. The first-order valence-electron chi connectivity index (χ1n) is 7.79. The van der Waals surface area contributed by atoms with Crippen molar-refractivity contribution in [3.8, 4) is 16.3 Å². The van der Waals surface area contributed by atoms with Crippen LogP contribution >= 0.6 is 11.3 Å². The molecule has 4 rings (SSSR count). The van der Waals surface area contributed by atoms with Crippen molar-refractivity contribution < 1.29 is 9.53 Å². The Balaban J connectivity index is 1.37. The normalized spacial score (nSPS) is 10.7. The average molecular weight is 349 g/mol. The predicted octanol–water partition coefficient (Wildman–Crippen LogP) is 4.31. The molecular weight excluding hydrogens is 334 g/mol. The fraction of sp³-hybridized carbons (Fsp3) is 0.0526. The van der Waals surface area contributed by atoms with Gasteiger partial charge in [-0.1, -0.05) is 36.4 Å². The average Bonchev–Trinajstić information content (AvgIpc) is 3.31. The highest BCUT2D eigenvalue weighted by molar-refractivity contribution is 7.13. The molecule has 4 aromatic rings. The Bertz CT molecular complexity index is 1010. The highest BCUT2D eigenvalue weighted by Crippen LogP contribution is 2.24. The minimum atomic E-state index is -0.252. The number of aromatic amines is 1. The quantitative estimate of drug-likeness (QED) is 0.564. The first-order valence-corrected chi connectivity index (χ1v) is 8.67. The van der Waals surface area contributed by atoms with Crippen LogP contribution < -0.4 is 10.1 Å². The molecule has 2 aromatic heterocycles. The molecule has 0 radical (unpaired) electrons. The molecule has 0 saturated carbocycles. The Morgan fingerprint density at radius 1 is 1.08 bits per heavy atom. The molecule has 2 aromatic carbocycles. The summed E-state index contributed by atoms with van der Waals surface area (Å²) in [5, 5.41) is 13.9. The second-order valence-corrected chi connectivity index (χ2v) is 6.44. The number of nitrogens with one attached hydrogen (secondary N) is 2. The molecule has 0 aliphatic rings. The van der Waals surface area contributed by atoms with E-state index in [1.165, 1.54) is 0 Å². The van der Waals surface area contributed by atoms with Crippen LogP contribution in [0.15, 0.2) is 66.0 Å². The molecule has 2 heterocycles. The predicted molar refractivity (Wildman–Crippen MR) is 100.0 cm³/mol. The number of carbonyl (C=O) groups is 1. The standard InChI is InChI=1S/C19H15N3O2S/c23-19(20-18-11-16(21-22-18)17-6-3-9-25-17)12-24-15-8-7-13-4-1-2-5-14(13)10-15/h1-11H,12H2,(H2,20,21,22,23). The number of benzene rings is 2. The molecule has 0 atom stereocenters. The van der Waals surface area contributed by atoms with Crippen molar-refractivity contribution in [3.63, 3.8) is 0 Å². The molecule has 0 unspecified atom stereocenters. The van der Waals surface area contributed by atoms with Gasteiger partial charge in [-0.25, -0.2) is 0 Å². The van der Waals surface area contributed by atoms with Crippen LogP contribution in [-0.4, -0.2) is 22.7 Å². The van der Waals surface area contributed by atoms with E-state index in [4.69, 9.17) is 4.74 Å². The van der Waals surface area contributed by atoms with E-state index in [1.54, 1.807) is 17.4 Å². The molecule has 2 N–H and O–H groups in total. The topological polar surface area (TPSA) is 67.0 Å². The number of carbonyl (C=O) groups excluding carboxylic acids is 1. The summed E-state index contributed by atoms with van der Waals surface area (Å²) in [6.07, 6.45) is 0. The number of ether oxygens (including phenoxy) is 1. The molecule has 124 valence electrons. The van der Waals surface area contributed by atoms with Gasteiger partial charge in [-0.05, 0) is 34.4 Å². The maximum Gasteiger partial charge on any atom is 0.263 e. The highest BCUT2D eigenvalue weighted by atomic mass is 32.1. The van der Waals surface area contributed by atoms with Crippen molar-refractivity contribution in [3.05, 3.63) is 66.0 Å². The fourth-order valence-corrected chi connectivity index (χ4v) is 3.22. The SMILES string of the molecule is O=C(COc1ccc2ccccc2c1)Nc1cc(-c2cccs2)[nH]n1. The summed E-state index contributed by atoms with van der Waals surface area (Å²) in [5.74, 6) is 0.892. The second-order valence-electron chi connectivity index (χ2n) is 5.49. The zero-order valence-electron chi connectivity index (χ0n) is 13.2. The number of thiophene rings is 1. The van der Waals surface area contributed by atoms with Gasteiger partial charge >= 0.3 is 0 Å². The minimum absolute atomic E-state index is 0.0699. The minimum Gasteiger partial charge on any atom is -0.484 e. The number of rotatable bonds is 5. The molecule has 0 bridgehead atoms. The number of hydrogen-bond acceptors (Lipinski definition) is 4. The van der Waals surface area contributed by atoms with E-state index in [0.29, 0.717) is 11.6 Å². The summed E-state index contributed by atoms with van der Waals surface area (Å²) in [4.78, 5) is 13.1. The first kappa shape index (κ1) is 15.4. The third-order valence-corrected chi connectivity index (χ3v) is 4.63. The molecule has 1 amide bonds. The zero-order valence-corrected chi connectivity index (χ0v) is 14.0. The summed E-state index contributed by atoms with van der Waals surface area (Å²) < 4.78 is 5.58. The van der Waals surface area contributed by atoms with Gasteiger partial charge < -0.3 is 10.1 Å². The third kappa shape index (κ3) is 3.54. The van der Waals surface area contributed by atoms with Crippen molar-refractivity contribution in [2.75, 3.05) is 11.9 Å². The molecule has 0 aliphatic heterocycles.